The molecular formula is C36H60O2. The van der Waals surface area contributed by atoms with Gasteiger partial charge in [0.05, 0.1) is 5.92 Å². The lowest BCUT2D eigenvalue weighted by Gasteiger charge is -2.37. The highest BCUT2D eigenvalue weighted by Gasteiger charge is 2.32. The van der Waals surface area contributed by atoms with Crippen molar-refractivity contribution in [2.24, 2.45) is 41.4 Å². The van der Waals surface area contributed by atoms with Crippen LogP contribution in [0.2, 0.25) is 0 Å². The van der Waals surface area contributed by atoms with E-state index in [1.54, 1.807) is 0 Å². The van der Waals surface area contributed by atoms with E-state index in [0.29, 0.717) is 11.8 Å². The maximum Gasteiger partial charge on any atom is 0.309 e. The van der Waals surface area contributed by atoms with E-state index in [-0.39, 0.29) is 18.0 Å². The van der Waals surface area contributed by atoms with Crippen molar-refractivity contribution >= 4 is 5.97 Å². The van der Waals surface area contributed by atoms with Gasteiger partial charge in [-0.1, -0.05) is 83.5 Å². The Morgan fingerprint density at radius 3 is 1.68 bits per heavy atom. The molecule has 0 aromatic heterocycles. The predicted octanol–water partition coefficient (Wildman–Crippen LogP) is 10.3. The van der Waals surface area contributed by atoms with Gasteiger partial charge in [0, 0.05) is 11.8 Å². The number of hydrogen-bond acceptors (Lipinski definition) is 2. The van der Waals surface area contributed by atoms with Gasteiger partial charge in [0.2, 0.25) is 0 Å². The Kier molecular flexibility index (Phi) is 12.9. The number of carbonyl (C=O) groups is 1. The largest absolute Gasteiger partial charge is 0.462 e. The second kappa shape index (κ2) is 16.3. The molecule has 0 aliphatic heterocycles. The standard InChI is InChI=1S/C36H60O2/c1-3-5-6-7-9-29-16-24-34(25-17-29)36(37)38-35-26-18-31(19-27-35)11-10-30-14-22-33(23-15-30)32-20-12-28(8-4-2)13-21-32/h28-35H,3-9,12-27H2,1-2H3. The van der Waals surface area contributed by atoms with Crippen LogP contribution in [0, 0.1) is 53.3 Å². The van der Waals surface area contributed by atoms with Gasteiger partial charge in [-0.15, -0.1) is 0 Å². The van der Waals surface area contributed by atoms with Crippen molar-refractivity contribution in [3.05, 3.63) is 0 Å². The van der Waals surface area contributed by atoms with E-state index in [0.717, 1.165) is 62.2 Å². The van der Waals surface area contributed by atoms with Gasteiger partial charge in [-0.05, 0) is 114 Å². The Morgan fingerprint density at radius 2 is 1.11 bits per heavy atom. The molecule has 0 saturated heterocycles. The Balaban J connectivity index is 1.07. The van der Waals surface area contributed by atoms with E-state index < -0.39 is 0 Å². The molecule has 2 nitrogen and oxygen atoms in total. The van der Waals surface area contributed by atoms with Crippen LogP contribution >= 0.6 is 0 Å². The molecule has 4 aliphatic rings. The van der Waals surface area contributed by atoms with Crippen molar-refractivity contribution in [1.29, 1.82) is 0 Å². The zero-order valence-corrected chi connectivity index (χ0v) is 25.2. The molecule has 0 heterocycles. The van der Waals surface area contributed by atoms with Crippen LogP contribution in [-0.4, -0.2) is 12.1 Å². The van der Waals surface area contributed by atoms with Crippen molar-refractivity contribution in [3.8, 4) is 11.8 Å². The molecule has 0 bridgehead atoms. The maximum absolute atomic E-state index is 12.8. The lowest BCUT2D eigenvalue weighted by atomic mass is 9.69. The Labute approximate surface area is 236 Å². The van der Waals surface area contributed by atoms with Gasteiger partial charge in [-0.2, -0.15) is 0 Å². The number of unbranched alkanes of at least 4 members (excludes halogenated alkanes) is 3. The monoisotopic (exact) mass is 524 g/mol. The first-order valence-corrected chi connectivity index (χ1v) is 17.4. The molecule has 4 fully saturated rings. The quantitative estimate of drug-likeness (QED) is 0.161. The van der Waals surface area contributed by atoms with Crippen LogP contribution in [0.1, 0.15) is 162 Å². The van der Waals surface area contributed by atoms with E-state index in [2.05, 4.69) is 25.7 Å². The lowest BCUT2D eigenvalue weighted by molar-refractivity contribution is -0.157. The molecule has 0 N–H and O–H groups in total. The molecule has 4 rings (SSSR count). The fraction of sp³-hybridized carbons (Fsp3) is 0.917. The van der Waals surface area contributed by atoms with E-state index in [9.17, 15) is 4.79 Å². The second-order valence-electron chi connectivity index (χ2n) is 13.9. The summed E-state index contributed by atoms with van der Waals surface area (Å²) in [6.07, 6.45) is 30.1. The van der Waals surface area contributed by atoms with Gasteiger partial charge in [-0.25, -0.2) is 0 Å². The van der Waals surface area contributed by atoms with Gasteiger partial charge in [-0.3, -0.25) is 4.79 Å². The maximum atomic E-state index is 12.8. The number of esters is 1. The smallest absolute Gasteiger partial charge is 0.309 e. The van der Waals surface area contributed by atoms with Gasteiger partial charge in [0.1, 0.15) is 6.10 Å². The van der Waals surface area contributed by atoms with Crippen molar-refractivity contribution in [3.63, 3.8) is 0 Å². The van der Waals surface area contributed by atoms with Crippen LogP contribution in [0.15, 0.2) is 0 Å². The van der Waals surface area contributed by atoms with Crippen molar-refractivity contribution in [1.82, 2.24) is 0 Å². The highest BCUT2D eigenvalue weighted by Crippen LogP contribution is 2.42. The summed E-state index contributed by atoms with van der Waals surface area (Å²) < 4.78 is 6.02. The van der Waals surface area contributed by atoms with E-state index in [1.165, 1.54) is 109 Å². The zero-order chi connectivity index (χ0) is 26.6. The molecule has 0 spiro atoms. The Hall–Kier alpha value is -0.970. The molecule has 0 aromatic carbocycles. The number of rotatable bonds is 10. The van der Waals surface area contributed by atoms with Crippen molar-refractivity contribution < 1.29 is 9.53 Å². The number of ether oxygens (including phenoxy) is 1. The fourth-order valence-corrected chi connectivity index (χ4v) is 8.46. The number of hydrogen-bond donors (Lipinski definition) is 0. The molecule has 0 radical (unpaired) electrons. The first-order valence-electron chi connectivity index (χ1n) is 17.4. The second-order valence-corrected chi connectivity index (χ2v) is 13.9. The summed E-state index contributed by atoms with van der Waals surface area (Å²) in [6.45, 7) is 4.62. The van der Waals surface area contributed by atoms with Gasteiger partial charge >= 0.3 is 5.97 Å². The minimum atomic E-state index is 0.111. The van der Waals surface area contributed by atoms with E-state index >= 15 is 0 Å². The fourth-order valence-electron chi connectivity index (χ4n) is 8.46. The molecule has 0 aromatic rings. The summed E-state index contributed by atoms with van der Waals surface area (Å²) >= 11 is 0. The Bertz CT molecular complexity index is 714. The van der Waals surface area contributed by atoms with E-state index in [1.807, 2.05) is 0 Å². The average Bonchev–Trinajstić information content (AvgIpc) is 2.96. The van der Waals surface area contributed by atoms with Gasteiger partial charge < -0.3 is 4.74 Å². The Morgan fingerprint density at radius 1 is 0.579 bits per heavy atom. The van der Waals surface area contributed by atoms with Crippen LogP contribution in [0.5, 0.6) is 0 Å². The van der Waals surface area contributed by atoms with Crippen LogP contribution < -0.4 is 0 Å². The molecule has 216 valence electrons. The molecule has 2 heteroatoms. The molecule has 0 atom stereocenters. The third-order valence-electron chi connectivity index (χ3n) is 11.1. The highest BCUT2D eigenvalue weighted by molar-refractivity contribution is 5.72. The lowest BCUT2D eigenvalue weighted by Crippen LogP contribution is -2.30. The van der Waals surface area contributed by atoms with Crippen LogP contribution in [-0.2, 0) is 9.53 Å². The predicted molar refractivity (Wildman–Crippen MR) is 160 cm³/mol. The summed E-state index contributed by atoms with van der Waals surface area (Å²) in [7, 11) is 0. The normalized spacial score (nSPS) is 36.2. The third kappa shape index (κ3) is 9.59. The van der Waals surface area contributed by atoms with E-state index in [4.69, 9.17) is 4.74 Å². The van der Waals surface area contributed by atoms with Crippen LogP contribution in [0.4, 0.5) is 0 Å². The van der Waals surface area contributed by atoms with Crippen molar-refractivity contribution in [2.45, 2.75) is 168 Å². The van der Waals surface area contributed by atoms with Crippen LogP contribution in [0.25, 0.3) is 0 Å². The average molecular weight is 525 g/mol. The SMILES string of the molecule is CCCCCCC1CCC(C(=O)OC2CCC(C#CC3CCC(C4CCC(CCC)CC4)CC3)CC2)CC1. The molecule has 0 amide bonds. The summed E-state index contributed by atoms with van der Waals surface area (Å²) in [4.78, 5) is 12.8. The topological polar surface area (TPSA) is 26.3 Å². The van der Waals surface area contributed by atoms with Gasteiger partial charge in [0.25, 0.3) is 0 Å². The first kappa shape index (κ1) is 30.0. The molecule has 4 aliphatic carbocycles. The summed E-state index contributed by atoms with van der Waals surface area (Å²) in [5.74, 6) is 12.7. The summed E-state index contributed by atoms with van der Waals surface area (Å²) in [5, 5.41) is 0. The minimum Gasteiger partial charge on any atom is -0.462 e. The highest BCUT2D eigenvalue weighted by atomic mass is 16.5. The molecular weight excluding hydrogens is 464 g/mol. The van der Waals surface area contributed by atoms with Crippen LogP contribution in [0.3, 0.4) is 0 Å². The van der Waals surface area contributed by atoms with Gasteiger partial charge in [0.15, 0.2) is 0 Å². The minimum absolute atomic E-state index is 0.111. The first-order chi connectivity index (χ1) is 18.6. The third-order valence-corrected chi connectivity index (χ3v) is 11.1. The molecule has 0 unspecified atom stereocenters. The zero-order valence-electron chi connectivity index (χ0n) is 25.2. The number of carbonyl (C=O) groups excluding carboxylic acids is 1. The molecule has 4 saturated carbocycles. The van der Waals surface area contributed by atoms with Crippen molar-refractivity contribution in [2.75, 3.05) is 0 Å². The molecule has 38 heavy (non-hydrogen) atoms. The summed E-state index contributed by atoms with van der Waals surface area (Å²) in [5.41, 5.74) is 0. The summed E-state index contributed by atoms with van der Waals surface area (Å²) in [6, 6.07) is 0.